The van der Waals surface area contributed by atoms with Crippen molar-refractivity contribution >= 4 is 0 Å². The van der Waals surface area contributed by atoms with Gasteiger partial charge in [0.05, 0.1) is 6.07 Å². The molecule has 108 valence electrons. The Kier molecular flexibility index (Phi) is 4.36. The minimum atomic E-state index is -0.496. The van der Waals surface area contributed by atoms with E-state index in [1.54, 1.807) is 0 Å². The van der Waals surface area contributed by atoms with Crippen molar-refractivity contribution in [3.05, 3.63) is 35.4 Å². The molecule has 0 unspecified atom stereocenters. The zero-order valence-electron chi connectivity index (χ0n) is 11.9. The minimum absolute atomic E-state index is 0.125. The summed E-state index contributed by atoms with van der Waals surface area (Å²) < 4.78 is 27.2. The Balaban J connectivity index is 1.97. The summed E-state index contributed by atoms with van der Waals surface area (Å²) in [6.07, 6.45) is 0. The molecule has 1 fully saturated rings. The second-order valence-electron chi connectivity index (χ2n) is 5.63. The van der Waals surface area contributed by atoms with E-state index in [0.717, 1.165) is 13.1 Å². The van der Waals surface area contributed by atoms with E-state index in [1.165, 1.54) is 18.2 Å². The van der Waals surface area contributed by atoms with Crippen molar-refractivity contribution in [2.75, 3.05) is 26.2 Å². The van der Waals surface area contributed by atoms with Crippen LogP contribution < -0.4 is 0 Å². The molecule has 1 saturated heterocycles. The average Bonchev–Trinajstić information content (AvgIpc) is 2.43. The Morgan fingerprint density at radius 1 is 1.15 bits per heavy atom. The fraction of sp³-hybridized carbons (Fsp3) is 0.533. The standard InChI is InChI=1S/C15H19F2N3/c1-15(2,11-18)20-8-6-19(7-9-20)10-12-13(16)4-3-5-14(12)17/h3-5H,6-10H2,1-2H3. The molecule has 0 amide bonds. The number of halogens is 2. The maximum absolute atomic E-state index is 13.6. The van der Waals surface area contributed by atoms with Crippen molar-refractivity contribution in [1.29, 1.82) is 5.26 Å². The molecular formula is C15H19F2N3. The third-order valence-electron chi connectivity index (χ3n) is 3.88. The topological polar surface area (TPSA) is 30.3 Å². The van der Waals surface area contributed by atoms with Crippen molar-refractivity contribution in [3.8, 4) is 6.07 Å². The molecular weight excluding hydrogens is 260 g/mol. The molecule has 2 rings (SSSR count). The molecule has 0 saturated carbocycles. The molecule has 5 heteroatoms. The first-order valence-corrected chi connectivity index (χ1v) is 6.75. The zero-order valence-corrected chi connectivity index (χ0v) is 11.9. The number of nitrogens with zero attached hydrogens (tertiary/aromatic N) is 3. The van der Waals surface area contributed by atoms with Gasteiger partial charge >= 0.3 is 0 Å². The van der Waals surface area contributed by atoms with Gasteiger partial charge < -0.3 is 0 Å². The molecule has 1 aliphatic heterocycles. The fourth-order valence-electron chi connectivity index (χ4n) is 2.44. The van der Waals surface area contributed by atoms with Crippen LogP contribution in [0.4, 0.5) is 8.78 Å². The summed E-state index contributed by atoms with van der Waals surface area (Å²) in [5.74, 6) is -0.991. The number of hydrogen-bond donors (Lipinski definition) is 0. The summed E-state index contributed by atoms with van der Waals surface area (Å²) >= 11 is 0. The van der Waals surface area contributed by atoms with E-state index in [2.05, 4.69) is 11.0 Å². The van der Waals surface area contributed by atoms with Gasteiger partial charge in [-0.3, -0.25) is 9.80 Å². The number of nitriles is 1. The molecule has 1 aromatic carbocycles. The largest absolute Gasteiger partial charge is 0.296 e. The molecule has 1 heterocycles. The van der Waals surface area contributed by atoms with E-state index in [1.807, 2.05) is 18.7 Å². The molecule has 0 aromatic heterocycles. The molecule has 0 aliphatic carbocycles. The Morgan fingerprint density at radius 2 is 1.70 bits per heavy atom. The van der Waals surface area contributed by atoms with Crippen LogP contribution in [0.2, 0.25) is 0 Å². The molecule has 0 radical (unpaired) electrons. The highest BCUT2D eigenvalue weighted by molar-refractivity contribution is 5.19. The SMILES string of the molecule is CC(C)(C#N)N1CCN(Cc2c(F)cccc2F)CC1. The van der Waals surface area contributed by atoms with Gasteiger partial charge in [-0.25, -0.2) is 8.78 Å². The van der Waals surface area contributed by atoms with Gasteiger partial charge in [0.25, 0.3) is 0 Å². The lowest BCUT2D eigenvalue weighted by molar-refractivity contribution is 0.0752. The predicted molar refractivity (Wildman–Crippen MR) is 72.9 cm³/mol. The van der Waals surface area contributed by atoms with Gasteiger partial charge in [-0.2, -0.15) is 5.26 Å². The highest BCUT2D eigenvalue weighted by Gasteiger charge is 2.30. The van der Waals surface area contributed by atoms with Gasteiger partial charge in [0.2, 0.25) is 0 Å². The second kappa shape index (κ2) is 5.86. The Morgan fingerprint density at radius 3 is 2.20 bits per heavy atom. The van der Waals surface area contributed by atoms with Crippen molar-refractivity contribution < 1.29 is 8.78 Å². The number of rotatable bonds is 3. The van der Waals surface area contributed by atoms with Crippen LogP contribution in [0.15, 0.2) is 18.2 Å². The second-order valence-corrected chi connectivity index (χ2v) is 5.63. The molecule has 3 nitrogen and oxygen atoms in total. The minimum Gasteiger partial charge on any atom is -0.296 e. The first-order valence-electron chi connectivity index (χ1n) is 6.75. The molecule has 0 N–H and O–H groups in total. The van der Waals surface area contributed by atoms with Gasteiger partial charge in [-0.1, -0.05) is 6.07 Å². The van der Waals surface area contributed by atoms with Crippen molar-refractivity contribution in [2.24, 2.45) is 0 Å². The number of piperazine rings is 1. The summed E-state index contributed by atoms with van der Waals surface area (Å²) in [7, 11) is 0. The first kappa shape index (κ1) is 14.9. The smallest absolute Gasteiger partial charge is 0.130 e. The Bertz CT molecular complexity index is 494. The Hall–Kier alpha value is -1.51. The quantitative estimate of drug-likeness (QED) is 0.851. The molecule has 0 spiro atoms. The van der Waals surface area contributed by atoms with Crippen molar-refractivity contribution in [1.82, 2.24) is 9.80 Å². The van der Waals surface area contributed by atoms with Gasteiger partial charge in [-0.15, -0.1) is 0 Å². The van der Waals surface area contributed by atoms with Gasteiger partial charge in [0.1, 0.15) is 17.2 Å². The third kappa shape index (κ3) is 3.14. The lowest BCUT2D eigenvalue weighted by Gasteiger charge is -2.40. The lowest BCUT2D eigenvalue weighted by Crippen LogP contribution is -2.53. The zero-order chi connectivity index (χ0) is 14.8. The monoisotopic (exact) mass is 279 g/mol. The van der Waals surface area contributed by atoms with E-state index in [0.29, 0.717) is 13.1 Å². The normalized spacial score (nSPS) is 17.9. The molecule has 20 heavy (non-hydrogen) atoms. The van der Waals surface area contributed by atoms with Crippen molar-refractivity contribution in [2.45, 2.75) is 25.9 Å². The highest BCUT2D eigenvalue weighted by Crippen LogP contribution is 2.19. The van der Waals surface area contributed by atoms with Crippen LogP contribution in [0.5, 0.6) is 0 Å². The van der Waals surface area contributed by atoms with Gasteiger partial charge in [0, 0.05) is 38.3 Å². The predicted octanol–water partition coefficient (Wildman–Crippen LogP) is 2.38. The fourth-order valence-corrected chi connectivity index (χ4v) is 2.44. The summed E-state index contributed by atoms with van der Waals surface area (Å²) in [5, 5.41) is 9.12. The summed E-state index contributed by atoms with van der Waals surface area (Å²) in [6, 6.07) is 6.23. The molecule has 1 aromatic rings. The van der Waals surface area contributed by atoms with E-state index in [9.17, 15) is 8.78 Å². The molecule has 1 aliphatic rings. The Labute approximate surface area is 118 Å². The van der Waals surface area contributed by atoms with Crippen LogP contribution in [0.3, 0.4) is 0 Å². The summed E-state index contributed by atoms with van der Waals surface area (Å²) in [6.45, 7) is 6.93. The number of hydrogen-bond acceptors (Lipinski definition) is 3. The molecule has 0 atom stereocenters. The van der Waals surface area contributed by atoms with Gasteiger partial charge in [0.15, 0.2) is 0 Å². The van der Waals surface area contributed by atoms with Crippen LogP contribution in [-0.2, 0) is 6.54 Å². The summed E-state index contributed by atoms with van der Waals surface area (Å²) in [5.41, 5.74) is -0.365. The van der Waals surface area contributed by atoms with Gasteiger partial charge in [-0.05, 0) is 26.0 Å². The maximum atomic E-state index is 13.6. The van der Waals surface area contributed by atoms with Crippen LogP contribution in [0.25, 0.3) is 0 Å². The van der Waals surface area contributed by atoms with Crippen molar-refractivity contribution in [3.63, 3.8) is 0 Å². The number of benzene rings is 1. The maximum Gasteiger partial charge on any atom is 0.130 e. The van der Waals surface area contributed by atoms with Crippen LogP contribution in [-0.4, -0.2) is 41.5 Å². The average molecular weight is 279 g/mol. The lowest BCUT2D eigenvalue weighted by atomic mass is 10.0. The van der Waals surface area contributed by atoms with E-state index in [4.69, 9.17) is 5.26 Å². The van der Waals surface area contributed by atoms with Crippen LogP contribution in [0, 0.1) is 23.0 Å². The van der Waals surface area contributed by atoms with E-state index in [-0.39, 0.29) is 12.1 Å². The van der Waals surface area contributed by atoms with Crippen LogP contribution >= 0.6 is 0 Å². The molecule has 0 bridgehead atoms. The van der Waals surface area contributed by atoms with Crippen LogP contribution in [0.1, 0.15) is 19.4 Å². The first-order chi connectivity index (χ1) is 9.44. The van der Waals surface area contributed by atoms with E-state index < -0.39 is 17.2 Å². The van der Waals surface area contributed by atoms with E-state index >= 15 is 0 Å². The third-order valence-corrected chi connectivity index (χ3v) is 3.88. The summed E-state index contributed by atoms with van der Waals surface area (Å²) in [4.78, 5) is 4.12. The highest BCUT2D eigenvalue weighted by atomic mass is 19.1.